The van der Waals surface area contributed by atoms with E-state index in [1.54, 1.807) is 0 Å². The van der Waals surface area contributed by atoms with Gasteiger partial charge in [0.15, 0.2) is 0 Å². The van der Waals surface area contributed by atoms with Crippen LogP contribution in [0.2, 0.25) is 0 Å². The topological polar surface area (TPSA) is 114 Å². The Bertz CT molecular complexity index is 350. The zero-order valence-corrected chi connectivity index (χ0v) is 17.3. The fourth-order valence-electron chi connectivity index (χ4n) is 0.709. The Morgan fingerprint density at radius 1 is 1.00 bits per heavy atom. The summed E-state index contributed by atoms with van der Waals surface area (Å²) in [6.07, 6.45) is -0.720. The van der Waals surface area contributed by atoms with E-state index in [0.29, 0.717) is 0 Å². The Labute approximate surface area is 163 Å². The SMILES string of the molecule is [CH2-]CC(CCS(=O)(=O)[O-])S(=O)(=O)[O-].[Na+].[Na+].[Na+]. The van der Waals surface area contributed by atoms with Gasteiger partial charge in [-0.25, -0.2) is 16.8 Å². The van der Waals surface area contributed by atoms with Crippen LogP contribution in [-0.2, 0) is 20.2 Å². The predicted octanol–water partition coefficient (Wildman–Crippen LogP) is -9.93. The van der Waals surface area contributed by atoms with E-state index < -0.39 is 37.7 Å². The summed E-state index contributed by atoms with van der Waals surface area (Å²) in [6, 6.07) is 0. The van der Waals surface area contributed by atoms with Gasteiger partial charge >= 0.3 is 88.7 Å². The Hall–Kier alpha value is 2.82. The monoisotopic (exact) mass is 298 g/mol. The molecule has 1 atom stereocenters. The van der Waals surface area contributed by atoms with Crippen LogP contribution in [0.5, 0.6) is 0 Å². The van der Waals surface area contributed by atoms with E-state index in [1.807, 2.05) is 0 Å². The van der Waals surface area contributed by atoms with Crippen LogP contribution < -0.4 is 88.7 Å². The van der Waals surface area contributed by atoms with Crippen molar-refractivity contribution in [3.8, 4) is 0 Å². The molecular formula is C5H9Na3O6S2. The molecule has 0 rings (SSSR count). The van der Waals surface area contributed by atoms with Gasteiger partial charge in [-0.1, -0.05) is 0 Å². The fraction of sp³-hybridized carbons (Fsp3) is 0.800. The van der Waals surface area contributed by atoms with Gasteiger partial charge in [0.2, 0.25) is 0 Å². The molecule has 0 radical (unpaired) electrons. The molecular weight excluding hydrogens is 289 g/mol. The van der Waals surface area contributed by atoms with Gasteiger partial charge in [0.1, 0.15) is 0 Å². The van der Waals surface area contributed by atoms with Gasteiger partial charge in [-0.15, -0.1) is 0 Å². The molecule has 0 amide bonds. The second-order valence-corrected chi connectivity index (χ2v) is 5.63. The second-order valence-electron chi connectivity index (χ2n) is 2.45. The molecule has 80 valence electrons. The van der Waals surface area contributed by atoms with Crippen LogP contribution in [0, 0.1) is 6.92 Å². The zero-order chi connectivity index (χ0) is 10.7. The normalized spacial score (nSPS) is 12.7. The minimum atomic E-state index is -4.55. The first kappa shape index (κ1) is 27.2. The van der Waals surface area contributed by atoms with Crippen LogP contribution in [0.15, 0.2) is 0 Å². The van der Waals surface area contributed by atoms with Crippen molar-refractivity contribution in [3.05, 3.63) is 6.92 Å². The quantitative estimate of drug-likeness (QED) is 0.283. The van der Waals surface area contributed by atoms with Gasteiger partial charge in [0.25, 0.3) is 0 Å². The molecule has 0 aliphatic heterocycles. The van der Waals surface area contributed by atoms with Crippen molar-refractivity contribution >= 4 is 20.2 Å². The molecule has 6 nitrogen and oxygen atoms in total. The van der Waals surface area contributed by atoms with E-state index in [4.69, 9.17) is 0 Å². The standard InChI is InChI=1S/C5H11O6S2.3Na/c1-2-5(13(9,10)11)3-4-12(6,7)8;;;/h5H,1-4H2,(H,6,7,8)(H,9,10,11);;;/q-1;3*+1/p-2. The van der Waals surface area contributed by atoms with Crippen LogP contribution in [0.3, 0.4) is 0 Å². The molecule has 0 saturated carbocycles. The number of rotatable bonds is 5. The molecule has 0 bridgehead atoms. The van der Waals surface area contributed by atoms with Crippen molar-refractivity contribution in [2.75, 3.05) is 5.75 Å². The Balaban J connectivity index is -0.000000240. The minimum absolute atomic E-state index is 0. The van der Waals surface area contributed by atoms with Gasteiger partial charge < -0.3 is 16.0 Å². The number of hydrogen-bond acceptors (Lipinski definition) is 6. The molecule has 0 heterocycles. The minimum Gasteiger partial charge on any atom is -0.748 e. The van der Waals surface area contributed by atoms with E-state index >= 15 is 0 Å². The summed E-state index contributed by atoms with van der Waals surface area (Å²) in [5, 5.41) is -1.39. The smallest absolute Gasteiger partial charge is 0.748 e. The van der Waals surface area contributed by atoms with Gasteiger partial charge in [0.05, 0.1) is 20.2 Å². The van der Waals surface area contributed by atoms with Crippen LogP contribution >= 0.6 is 0 Å². The van der Waals surface area contributed by atoms with Gasteiger partial charge in [-0.3, -0.25) is 0 Å². The Morgan fingerprint density at radius 2 is 1.38 bits per heavy atom. The summed E-state index contributed by atoms with van der Waals surface area (Å²) in [4.78, 5) is 0. The van der Waals surface area contributed by atoms with Crippen molar-refractivity contribution in [3.63, 3.8) is 0 Å². The molecule has 0 aromatic carbocycles. The Kier molecular flexibility index (Phi) is 19.8. The molecule has 0 saturated heterocycles. The summed E-state index contributed by atoms with van der Waals surface area (Å²) >= 11 is 0. The molecule has 0 spiro atoms. The van der Waals surface area contributed by atoms with Gasteiger partial charge in [0, 0.05) is 11.0 Å². The van der Waals surface area contributed by atoms with Crippen LogP contribution in [0.25, 0.3) is 0 Å². The largest absolute Gasteiger partial charge is 1.00 e. The van der Waals surface area contributed by atoms with E-state index in [2.05, 4.69) is 6.92 Å². The van der Waals surface area contributed by atoms with E-state index in [1.165, 1.54) is 0 Å². The van der Waals surface area contributed by atoms with Crippen molar-refractivity contribution in [2.45, 2.75) is 18.1 Å². The van der Waals surface area contributed by atoms with Crippen LogP contribution in [0.1, 0.15) is 12.8 Å². The van der Waals surface area contributed by atoms with Crippen molar-refractivity contribution in [1.29, 1.82) is 0 Å². The molecule has 16 heavy (non-hydrogen) atoms. The van der Waals surface area contributed by atoms with Crippen LogP contribution in [0.4, 0.5) is 0 Å². The van der Waals surface area contributed by atoms with E-state index in [0.717, 1.165) is 0 Å². The average molecular weight is 298 g/mol. The maximum Gasteiger partial charge on any atom is 1.00 e. The van der Waals surface area contributed by atoms with E-state index in [9.17, 15) is 25.9 Å². The fourth-order valence-corrected chi connectivity index (χ4v) is 2.13. The first-order valence-corrected chi connectivity index (χ1v) is 6.39. The van der Waals surface area contributed by atoms with Crippen molar-refractivity contribution < 1.29 is 115 Å². The summed E-state index contributed by atoms with van der Waals surface area (Å²) < 4.78 is 61.5. The average Bonchev–Trinajstić information content (AvgIpc) is 1.82. The summed E-state index contributed by atoms with van der Waals surface area (Å²) in [6.45, 7) is 3.18. The van der Waals surface area contributed by atoms with Gasteiger partial charge in [-0.05, 0) is 6.42 Å². The molecule has 1 unspecified atom stereocenters. The van der Waals surface area contributed by atoms with E-state index in [-0.39, 0.29) is 95.1 Å². The first-order chi connectivity index (χ1) is 5.67. The molecule has 0 aromatic heterocycles. The maximum atomic E-state index is 10.4. The van der Waals surface area contributed by atoms with Gasteiger partial charge in [-0.2, -0.15) is 6.42 Å². The summed E-state index contributed by atoms with van der Waals surface area (Å²) in [7, 11) is -9.02. The maximum absolute atomic E-state index is 10.4. The van der Waals surface area contributed by atoms with Crippen molar-refractivity contribution in [2.24, 2.45) is 0 Å². The summed E-state index contributed by atoms with van der Waals surface area (Å²) in [5.41, 5.74) is 0. The molecule has 0 aliphatic carbocycles. The molecule has 0 fully saturated rings. The third-order valence-electron chi connectivity index (χ3n) is 1.42. The molecule has 0 aliphatic rings. The van der Waals surface area contributed by atoms with Crippen LogP contribution in [-0.4, -0.2) is 36.9 Å². The molecule has 11 heteroatoms. The predicted molar refractivity (Wildman–Crippen MR) is 42.6 cm³/mol. The Morgan fingerprint density at radius 3 is 1.56 bits per heavy atom. The molecule has 0 N–H and O–H groups in total. The van der Waals surface area contributed by atoms with Crippen molar-refractivity contribution in [1.82, 2.24) is 0 Å². The summed E-state index contributed by atoms with van der Waals surface area (Å²) in [5.74, 6) is -0.853. The third kappa shape index (κ3) is 14.9. The number of hydrogen-bond donors (Lipinski definition) is 0. The zero-order valence-electron chi connectivity index (χ0n) is 9.67. The molecule has 0 aromatic rings. The third-order valence-corrected chi connectivity index (χ3v) is 3.44. The first-order valence-electron chi connectivity index (χ1n) is 3.34. The second kappa shape index (κ2) is 11.6.